The molecule has 1 saturated heterocycles. The molecule has 1 aliphatic rings. The maximum atomic E-state index is 13.5. The molecule has 0 saturated carbocycles. The molecule has 0 spiro atoms. The Kier molecular flexibility index (Phi) is 5.80. The molecule has 0 radical (unpaired) electrons. The molecule has 10 nitrogen and oxygen atoms in total. The van der Waals surface area contributed by atoms with Crippen LogP contribution in [0.5, 0.6) is 0 Å². The Bertz CT molecular complexity index is 1400. The molecular formula is C22H24N8O2. The molecule has 2 N–H and O–H groups in total. The Morgan fingerprint density at radius 1 is 1.31 bits per heavy atom. The van der Waals surface area contributed by atoms with E-state index in [9.17, 15) is 14.9 Å². The van der Waals surface area contributed by atoms with Gasteiger partial charge in [0.1, 0.15) is 6.07 Å². The number of rotatable bonds is 4. The fourth-order valence-corrected chi connectivity index (χ4v) is 4.07. The number of aromatic nitrogens is 5. The summed E-state index contributed by atoms with van der Waals surface area (Å²) in [6.45, 7) is 3.34. The van der Waals surface area contributed by atoms with Gasteiger partial charge in [-0.3, -0.25) is 23.5 Å². The van der Waals surface area contributed by atoms with Gasteiger partial charge in [0.15, 0.2) is 11.2 Å². The Hall–Kier alpha value is -3.89. The molecule has 164 valence electrons. The molecule has 0 unspecified atom stereocenters. The normalized spacial score (nSPS) is 15.9. The molecule has 0 aliphatic carbocycles. The number of aryl methyl sites for hydroxylation is 1. The minimum Gasteiger partial charge on any atom is -0.341 e. The summed E-state index contributed by atoms with van der Waals surface area (Å²) in [4.78, 5) is 37.3. The van der Waals surface area contributed by atoms with Crippen LogP contribution in [0.15, 0.2) is 28.0 Å². The number of nitrogens with two attached hydrogens (primary N) is 1. The highest BCUT2D eigenvalue weighted by atomic mass is 16.2. The number of nitrogens with zero attached hydrogens (tertiary/aromatic N) is 7. The van der Waals surface area contributed by atoms with Crippen molar-refractivity contribution in [3.63, 3.8) is 0 Å². The van der Waals surface area contributed by atoms with E-state index >= 15 is 0 Å². The molecule has 4 heterocycles. The number of fused-ring (bicyclic) bond motifs is 1. The van der Waals surface area contributed by atoms with Crippen LogP contribution in [-0.2, 0) is 20.1 Å². The molecule has 1 atom stereocenters. The van der Waals surface area contributed by atoms with Crippen molar-refractivity contribution in [2.45, 2.75) is 38.9 Å². The first-order valence-corrected chi connectivity index (χ1v) is 10.4. The lowest BCUT2D eigenvalue weighted by Crippen LogP contribution is -2.44. The topological polar surface area (TPSA) is 128 Å². The lowest BCUT2D eigenvalue weighted by Gasteiger charge is -2.31. The SMILES string of the molecule is CC#CCn1c(N2CCC[C@@H](N)C2)nc2c1c(=O)n(Cc1ccncc1C#N)c(=O)n2C. The van der Waals surface area contributed by atoms with Gasteiger partial charge in [0, 0.05) is 38.6 Å². The zero-order chi connectivity index (χ0) is 22.8. The molecule has 4 rings (SSSR count). The van der Waals surface area contributed by atoms with Gasteiger partial charge in [-0.25, -0.2) is 4.79 Å². The number of anilines is 1. The number of hydrogen-bond acceptors (Lipinski definition) is 7. The third kappa shape index (κ3) is 3.66. The minimum absolute atomic E-state index is 0.0193. The Balaban J connectivity index is 1.94. The average molecular weight is 432 g/mol. The molecule has 10 heteroatoms. The summed E-state index contributed by atoms with van der Waals surface area (Å²) < 4.78 is 4.26. The quantitative estimate of drug-likeness (QED) is 0.582. The van der Waals surface area contributed by atoms with Gasteiger partial charge < -0.3 is 10.6 Å². The van der Waals surface area contributed by atoms with Gasteiger partial charge in [0.05, 0.1) is 18.7 Å². The molecular weight excluding hydrogens is 408 g/mol. The first kappa shape index (κ1) is 21.3. The first-order valence-electron chi connectivity index (χ1n) is 10.4. The van der Waals surface area contributed by atoms with Gasteiger partial charge >= 0.3 is 5.69 Å². The zero-order valence-corrected chi connectivity index (χ0v) is 18.1. The van der Waals surface area contributed by atoms with Crippen LogP contribution in [0.3, 0.4) is 0 Å². The zero-order valence-electron chi connectivity index (χ0n) is 18.1. The molecule has 0 aromatic carbocycles. The van der Waals surface area contributed by atoms with Crippen LogP contribution in [0.2, 0.25) is 0 Å². The lowest BCUT2D eigenvalue weighted by atomic mass is 10.1. The fourth-order valence-electron chi connectivity index (χ4n) is 4.07. The smallest absolute Gasteiger partial charge is 0.332 e. The van der Waals surface area contributed by atoms with E-state index in [4.69, 9.17) is 5.73 Å². The van der Waals surface area contributed by atoms with Gasteiger partial charge in [-0.2, -0.15) is 10.2 Å². The number of nitriles is 1. The highest BCUT2D eigenvalue weighted by molar-refractivity contribution is 5.75. The van der Waals surface area contributed by atoms with Gasteiger partial charge in [-0.05, 0) is 31.4 Å². The minimum atomic E-state index is -0.503. The number of piperidine rings is 1. The van der Waals surface area contributed by atoms with E-state index in [2.05, 4.69) is 32.8 Å². The van der Waals surface area contributed by atoms with E-state index < -0.39 is 11.2 Å². The standard InChI is InChI=1S/C22H24N8O2/c1-3-4-10-29-18-19(26-21(29)28-9-5-6-17(24)14-28)27(2)22(32)30(20(18)31)13-15-7-8-25-12-16(15)11-23/h7-8,12,17H,5-6,9-10,13-14,24H2,1-2H3/t17-/m1/s1. The van der Waals surface area contributed by atoms with Gasteiger partial charge in [0.25, 0.3) is 5.56 Å². The summed E-state index contributed by atoms with van der Waals surface area (Å²) >= 11 is 0. The van der Waals surface area contributed by atoms with E-state index in [1.165, 1.54) is 17.0 Å². The second-order valence-electron chi connectivity index (χ2n) is 7.82. The maximum Gasteiger partial charge on any atom is 0.332 e. The summed E-state index contributed by atoms with van der Waals surface area (Å²) in [7, 11) is 1.59. The van der Waals surface area contributed by atoms with E-state index in [-0.39, 0.29) is 19.1 Å². The molecule has 0 bridgehead atoms. The highest BCUT2D eigenvalue weighted by Gasteiger charge is 2.26. The van der Waals surface area contributed by atoms with Crippen molar-refractivity contribution in [3.05, 3.63) is 50.4 Å². The van der Waals surface area contributed by atoms with E-state index in [0.29, 0.717) is 34.8 Å². The Morgan fingerprint density at radius 3 is 2.84 bits per heavy atom. The summed E-state index contributed by atoms with van der Waals surface area (Å²) in [5.74, 6) is 6.46. The van der Waals surface area contributed by atoms with E-state index in [1.807, 2.05) is 0 Å². The number of imidazole rings is 1. The van der Waals surface area contributed by atoms with Crippen LogP contribution >= 0.6 is 0 Å². The Labute approximate surface area is 184 Å². The lowest BCUT2D eigenvalue weighted by molar-refractivity contribution is 0.496. The largest absolute Gasteiger partial charge is 0.341 e. The van der Waals surface area contributed by atoms with Crippen molar-refractivity contribution in [2.24, 2.45) is 12.8 Å². The van der Waals surface area contributed by atoms with Crippen molar-refractivity contribution in [2.75, 3.05) is 18.0 Å². The molecule has 32 heavy (non-hydrogen) atoms. The summed E-state index contributed by atoms with van der Waals surface area (Å²) in [5, 5.41) is 9.37. The molecule has 0 amide bonds. The number of pyridine rings is 1. The highest BCUT2D eigenvalue weighted by Crippen LogP contribution is 2.23. The van der Waals surface area contributed by atoms with Crippen LogP contribution in [-0.4, -0.2) is 42.8 Å². The van der Waals surface area contributed by atoms with Crippen molar-refractivity contribution in [1.29, 1.82) is 5.26 Å². The fraction of sp³-hybridized carbons (Fsp3) is 0.409. The maximum absolute atomic E-state index is 13.5. The molecule has 3 aromatic heterocycles. The van der Waals surface area contributed by atoms with E-state index in [0.717, 1.165) is 24.0 Å². The van der Waals surface area contributed by atoms with Crippen LogP contribution in [0.25, 0.3) is 11.2 Å². The van der Waals surface area contributed by atoms with Gasteiger partial charge in [-0.1, -0.05) is 5.92 Å². The molecule has 3 aromatic rings. The molecule has 1 fully saturated rings. The first-order chi connectivity index (χ1) is 15.5. The Morgan fingerprint density at radius 2 is 2.12 bits per heavy atom. The van der Waals surface area contributed by atoms with E-state index in [1.54, 1.807) is 24.6 Å². The van der Waals surface area contributed by atoms with Gasteiger partial charge in [0.2, 0.25) is 5.95 Å². The third-order valence-corrected chi connectivity index (χ3v) is 5.73. The monoisotopic (exact) mass is 432 g/mol. The summed E-state index contributed by atoms with van der Waals surface area (Å²) in [6.07, 6.45) is 4.81. The van der Waals surface area contributed by atoms with Crippen LogP contribution < -0.4 is 21.9 Å². The summed E-state index contributed by atoms with van der Waals surface area (Å²) in [6, 6.07) is 3.71. The predicted molar refractivity (Wildman–Crippen MR) is 120 cm³/mol. The third-order valence-electron chi connectivity index (χ3n) is 5.73. The van der Waals surface area contributed by atoms with Crippen molar-refractivity contribution in [3.8, 4) is 17.9 Å². The predicted octanol–water partition coefficient (Wildman–Crippen LogP) is 0.162. The average Bonchev–Trinajstić information content (AvgIpc) is 3.19. The van der Waals surface area contributed by atoms with Crippen molar-refractivity contribution < 1.29 is 0 Å². The number of hydrogen-bond donors (Lipinski definition) is 1. The van der Waals surface area contributed by atoms with Crippen molar-refractivity contribution >= 4 is 17.1 Å². The van der Waals surface area contributed by atoms with Crippen LogP contribution in [0.1, 0.15) is 30.9 Å². The van der Waals surface area contributed by atoms with Crippen molar-refractivity contribution in [1.82, 2.24) is 23.7 Å². The van der Waals surface area contributed by atoms with Crippen LogP contribution in [0, 0.1) is 23.2 Å². The second-order valence-corrected chi connectivity index (χ2v) is 7.82. The summed E-state index contributed by atoms with van der Waals surface area (Å²) in [5.41, 5.74) is 6.66. The molecule has 1 aliphatic heterocycles. The van der Waals surface area contributed by atoms with Gasteiger partial charge in [-0.15, -0.1) is 5.92 Å². The van der Waals surface area contributed by atoms with Crippen LogP contribution in [0.4, 0.5) is 5.95 Å². The second kappa shape index (κ2) is 8.69.